The van der Waals surface area contributed by atoms with Gasteiger partial charge < -0.3 is 76.8 Å². The lowest BCUT2D eigenvalue weighted by molar-refractivity contribution is -0.257. The van der Waals surface area contributed by atoms with E-state index in [2.05, 4.69) is 55.0 Å². The number of nitrogens with zero attached hydrogens (tertiary/aromatic N) is 4. The summed E-state index contributed by atoms with van der Waals surface area (Å²) in [6.45, 7) is 6.42. The smallest absolute Gasteiger partial charge is 0.404 e. The van der Waals surface area contributed by atoms with Crippen LogP contribution in [0.3, 0.4) is 0 Å². The average Bonchev–Trinajstić information content (AvgIpc) is 4.00. The molecule has 2 aromatic rings. The van der Waals surface area contributed by atoms with Gasteiger partial charge in [0, 0.05) is 0 Å². The molecule has 9 atom stereocenters. The monoisotopic (exact) mass is 1110 g/mol. The second-order valence-electron chi connectivity index (χ2n) is 16.2. The van der Waals surface area contributed by atoms with Crippen molar-refractivity contribution < 1.29 is 63.0 Å². The molecule has 2 aromatic carbocycles. The number of nitrogens with one attached hydrogen (secondary N) is 6. The van der Waals surface area contributed by atoms with Crippen LogP contribution in [-0.2, 0) is 28.5 Å². The molecule has 13 N–H and O–H groups in total. The summed E-state index contributed by atoms with van der Waals surface area (Å²) in [5.74, 6) is -6.38. The first-order valence-corrected chi connectivity index (χ1v) is 22.9. The number of amides is 4. The molecule has 2 spiro atoms. The molecule has 6 aliphatic rings. The van der Waals surface area contributed by atoms with Gasteiger partial charge in [-0.3, -0.25) is 20.2 Å². The number of aliphatic hydroxyl groups is 3. The highest BCUT2D eigenvalue weighted by Gasteiger charge is 2.75. The number of alkyl halides is 6. The number of hydrogen-bond donors (Lipinski definition) is 11. The Morgan fingerprint density at radius 1 is 0.704 bits per heavy atom. The fraction of sp³-hybridized carbons (Fsp3) is 0.400. The van der Waals surface area contributed by atoms with E-state index in [0.29, 0.717) is 5.82 Å². The van der Waals surface area contributed by atoms with Crippen LogP contribution in [0.15, 0.2) is 95.4 Å². The maximum Gasteiger partial charge on any atom is 0.404 e. The van der Waals surface area contributed by atoms with Crippen LogP contribution in [0.4, 0.5) is 9.59 Å². The maximum absolute atomic E-state index is 12.7. The van der Waals surface area contributed by atoms with Crippen molar-refractivity contribution in [3.05, 3.63) is 96.6 Å². The highest BCUT2D eigenvalue weighted by molar-refractivity contribution is 6.77. The zero-order valence-electron chi connectivity index (χ0n) is 36.2. The number of nitrogens with two attached hydrogens (primary N) is 2. The molecule has 0 aliphatic carbocycles. The van der Waals surface area contributed by atoms with Gasteiger partial charge in [0.2, 0.25) is 17.7 Å². The summed E-state index contributed by atoms with van der Waals surface area (Å²) >= 11 is 34.2. The lowest BCUT2D eigenvalue weighted by atomic mass is 9.86. The Labute approximate surface area is 431 Å². The summed E-state index contributed by atoms with van der Waals surface area (Å²) in [7, 11) is 0. The van der Waals surface area contributed by atoms with E-state index in [1.165, 1.54) is 21.9 Å². The molecule has 31 heteroatoms. The van der Waals surface area contributed by atoms with Crippen molar-refractivity contribution in [2.75, 3.05) is 26.3 Å². The molecule has 0 radical (unpaired) electrons. The highest BCUT2D eigenvalue weighted by atomic mass is 35.6. The van der Waals surface area contributed by atoms with E-state index >= 15 is 0 Å². The number of benzene rings is 2. The zero-order valence-corrected chi connectivity index (χ0v) is 40.7. The van der Waals surface area contributed by atoms with E-state index in [9.17, 15) is 44.1 Å². The van der Waals surface area contributed by atoms with Gasteiger partial charge in [0.25, 0.3) is 19.4 Å². The summed E-state index contributed by atoms with van der Waals surface area (Å²) in [6, 6.07) is 12.4. The number of guanidine groups is 2. The number of carbonyl (C=O) groups is 6. The van der Waals surface area contributed by atoms with Crippen LogP contribution in [0, 0.1) is 0 Å². The molecule has 6 heterocycles. The standard InChI is InChI=1S/C20H21Cl3N6O7.C20H21Cl3N6O6/c1-9-25-13-11(8-35-16(24)32)26-17(27-15(31)20(21,22)23)29-7-12(19(33,34)18(13,29)28-9)36-14(30)10-5-3-2-4-6-10;1-9-25-13-11(8-34-17(24)33)26-18(27-16(32)20(21,22)23)29-7-12(14(30)19(13,29)28-9)35-15(31)10-5-3-2-4-6-10/h2-6,11-13,25,28,33-34H,1,7-8H2,(H2,24,32)(H,26,27,31);2-6,11-14,25,28,30H,1,7-8H2,(H2,24,33)(H,26,27,32)/t11-,12-,13-,18-;11-,12-,13-,14-,19-/m00/s1. The van der Waals surface area contributed by atoms with E-state index < -0.39 is 110 Å². The minimum atomic E-state index is -2.81. The molecule has 4 fully saturated rings. The maximum atomic E-state index is 12.7. The Hall–Kier alpha value is -5.90. The van der Waals surface area contributed by atoms with Gasteiger partial charge in [0.1, 0.15) is 43.5 Å². The quantitative estimate of drug-likeness (QED) is 0.0667. The lowest BCUT2D eigenvalue weighted by Crippen LogP contribution is -2.77. The minimum Gasteiger partial charge on any atom is -0.454 e. The van der Waals surface area contributed by atoms with E-state index in [-0.39, 0.29) is 48.6 Å². The number of carbonyl (C=O) groups excluding carboxylic acids is 6. The van der Waals surface area contributed by atoms with Crippen molar-refractivity contribution >= 4 is 117 Å². The van der Waals surface area contributed by atoms with Gasteiger partial charge in [-0.05, 0) is 24.3 Å². The van der Waals surface area contributed by atoms with Crippen molar-refractivity contribution in [3.8, 4) is 0 Å². The Kier molecular flexibility index (Phi) is 14.9. The highest BCUT2D eigenvalue weighted by Crippen LogP contribution is 2.47. The fourth-order valence-electron chi connectivity index (χ4n) is 8.89. The van der Waals surface area contributed by atoms with Gasteiger partial charge >= 0.3 is 24.1 Å². The van der Waals surface area contributed by atoms with Gasteiger partial charge in [0.05, 0.1) is 41.9 Å². The van der Waals surface area contributed by atoms with E-state index in [4.69, 9.17) is 100 Å². The zero-order chi connectivity index (χ0) is 52.0. The Morgan fingerprint density at radius 3 is 1.65 bits per heavy atom. The van der Waals surface area contributed by atoms with Crippen LogP contribution in [0.1, 0.15) is 20.7 Å². The number of aliphatic hydroxyl groups excluding tert-OH is 1. The van der Waals surface area contributed by atoms with Crippen LogP contribution in [-0.4, -0.2) is 166 Å². The Morgan fingerprint density at radius 2 is 1.15 bits per heavy atom. The summed E-state index contributed by atoms with van der Waals surface area (Å²) in [5, 5.41) is 50.9. The summed E-state index contributed by atoms with van der Waals surface area (Å²) in [4.78, 5) is 84.4. The van der Waals surface area contributed by atoms with Gasteiger partial charge in [-0.2, -0.15) is 0 Å². The molecule has 0 aromatic heterocycles. The fourth-order valence-corrected chi connectivity index (χ4v) is 9.18. The first-order chi connectivity index (χ1) is 33.2. The molecule has 8 rings (SSSR count). The number of ether oxygens (including phenoxy) is 4. The Balaban J connectivity index is 0.000000209. The van der Waals surface area contributed by atoms with Crippen molar-refractivity contribution in [2.24, 2.45) is 21.5 Å². The predicted octanol–water partition coefficient (Wildman–Crippen LogP) is -0.805. The van der Waals surface area contributed by atoms with Gasteiger partial charge in [-0.25, -0.2) is 29.2 Å². The first kappa shape index (κ1) is 52.9. The van der Waals surface area contributed by atoms with Crippen molar-refractivity contribution in [1.82, 2.24) is 41.7 Å². The van der Waals surface area contributed by atoms with Crippen LogP contribution >= 0.6 is 69.6 Å². The molecule has 25 nitrogen and oxygen atoms in total. The largest absolute Gasteiger partial charge is 0.454 e. The Bertz CT molecular complexity index is 2560. The van der Waals surface area contributed by atoms with Crippen molar-refractivity contribution in [3.63, 3.8) is 0 Å². The first-order valence-electron chi connectivity index (χ1n) is 20.6. The van der Waals surface area contributed by atoms with Gasteiger partial charge in [0.15, 0.2) is 17.4 Å². The van der Waals surface area contributed by atoms with Gasteiger partial charge in [-0.1, -0.05) is 119 Å². The topological polar surface area (TPSA) is 355 Å². The van der Waals surface area contributed by atoms with E-state index in [1.807, 2.05) is 0 Å². The average molecular weight is 1110 g/mol. The van der Waals surface area contributed by atoms with Gasteiger partial charge in [-0.15, -0.1) is 0 Å². The molecule has 382 valence electrons. The van der Waals surface area contributed by atoms with Crippen LogP contribution in [0.25, 0.3) is 0 Å². The van der Waals surface area contributed by atoms with Crippen LogP contribution in [0.5, 0.6) is 0 Å². The third-order valence-electron chi connectivity index (χ3n) is 11.8. The van der Waals surface area contributed by atoms with E-state index in [0.717, 1.165) is 0 Å². The lowest BCUT2D eigenvalue weighted by Gasteiger charge is -2.49. The van der Waals surface area contributed by atoms with E-state index in [1.54, 1.807) is 48.5 Å². The summed E-state index contributed by atoms with van der Waals surface area (Å²) in [5.41, 5.74) is 7.28. The molecule has 0 unspecified atom stereocenters. The second kappa shape index (κ2) is 20.0. The number of halogens is 6. The molecule has 0 saturated carbocycles. The molecule has 71 heavy (non-hydrogen) atoms. The third kappa shape index (κ3) is 10.3. The molecular weight excluding hydrogens is 1070 g/mol. The molecule has 4 amide bonds. The third-order valence-corrected chi connectivity index (χ3v) is 12.8. The molecule has 6 aliphatic heterocycles. The molecule has 4 saturated heterocycles. The van der Waals surface area contributed by atoms with Crippen LogP contribution in [0.2, 0.25) is 0 Å². The number of primary amides is 2. The minimum absolute atomic E-state index is 0.0967. The number of esters is 2. The van der Waals surface area contributed by atoms with Crippen molar-refractivity contribution in [2.45, 2.75) is 67.2 Å². The summed E-state index contributed by atoms with van der Waals surface area (Å²) < 4.78 is 16.2. The number of rotatable bonds is 8. The normalized spacial score (nSPS) is 28.7. The number of hydrogen-bond acceptors (Lipinski definition) is 21. The second-order valence-corrected chi connectivity index (χ2v) is 20.8. The van der Waals surface area contributed by atoms with Crippen molar-refractivity contribution in [1.29, 1.82) is 0 Å². The number of aliphatic imine (C=N–C) groups is 2. The predicted molar refractivity (Wildman–Crippen MR) is 252 cm³/mol. The molecule has 0 bridgehead atoms. The molecular formula is C40H42Cl6N12O13. The summed E-state index contributed by atoms with van der Waals surface area (Å²) in [6.07, 6.45) is -6.17. The SMILES string of the molecule is C=C1N[C@H]2[C@H](COC(N)=O)N=C(NC(=O)C(Cl)(Cl)Cl)N3C[C@H](OC(=O)c4ccccc4)C(O)(O)[C@]23N1.C=C1N[C@H]2[C@H](COC(N)=O)N=C(NC(=O)C(Cl)(Cl)Cl)N3C[C@H](OC(=O)c4ccccc4)[C@H](O)[C@]23N1. The van der Waals surface area contributed by atoms with Crippen LogP contribution < -0.4 is 43.4 Å².